The van der Waals surface area contributed by atoms with Gasteiger partial charge in [-0.25, -0.2) is 5.43 Å². The van der Waals surface area contributed by atoms with Gasteiger partial charge in [0.2, 0.25) is 0 Å². The molecule has 0 atom stereocenters. The van der Waals surface area contributed by atoms with E-state index in [4.69, 9.17) is 4.74 Å². The van der Waals surface area contributed by atoms with E-state index in [-0.39, 0.29) is 12.5 Å². The number of benzene rings is 1. The lowest BCUT2D eigenvalue weighted by atomic mass is 10.2. The number of hydrazone groups is 1. The van der Waals surface area contributed by atoms with E-state index in [2.05, 4.69) is 31.6 Å². The summed E-state index contributed by atoms with van der Waals surface area (Å²) in [5, 5.41) is 8.19. The first-order chi connectivity index (χ1) is 10.5. The molecule has 22 heavy (non-hydrogen) atoms. The number of aromatic nitrogens is 2. The van der Waals surface area contributed by atoms with Crippen LogP contribution in [0.25, 0.3) is 0 Å². The van der Waals surface area contributed by atoms with Crippen molar-refractivity contribution in [2.45, 2.75) is 20.4 Å². The summed E-state index contributed by atoms with van der Waals surface area (Å²) in [6.45, 7) is 3.93. The van der Waals surface area contributed by atoms with Crippen LogP contribution in [0.15, 0.2) is 33.8 Å². The summed E-state index contributed by atoms with van der Waals surface area (Å²) in [5.41, 5.74) is 5.07. The van der Waals surface area contributed by atoms with Crippen molar-refractivity contribution in [1.29, 1.82) is 0 Å². The second kappa shape index (κ2) is 7.22. The number of rotatable bonds is 5. The number of hydrogen-bond donors (Lipinski definition) is 1. The fourth-order valence-electron chi connectivity index (χ4n) is 1.99. The highest BCUT2D eigenvalue weighted by Gasteiger charge is 2.06. The molecule has 1 N–H and O–H groups in total. The molecule has 0 unspecified atom stereocenters. The van der Waals surface area contributed by atoms with Crippen LogP contribution in [-0.2, 0) is 11.3 Å². The molecule has 2 aromatic rings. The average Bonchev–Trinajstić information content (AvgIpc) is 2.77. The Morgan fingerprint density at radius 2 is 2.23 bits per heavy atom. The number of nitrogens with one attached hydrogen (secondary N) is 1. The highest BCUT2D eigenvalue weighted by molar-refractivity contribution is 9.10. The second-order valence-corrected chi connectivity index (χ2v) is 5.68. The van der Waals surface area contributed by atoms with Gasteiger partial charge in [0, 0.05) is 15.7 Å². The third kappa shape index (κ3) is 4.17. The molecule has 1 heterocycles. The van der Waals surface area contributed by atoms with Gasteiger partial charge in [-0.2, -0.15) is 10.2 Å². The van der Waals surface area contributed by atoms with Crippen molar-refractivity contribution in [1.82, 2.24) is 15.2 Å². The number of carbonyl (C=O) groups excluding carboxylic acids is 1. The number of amides is 1. The maximum Gasteiger partial charge on any atom is 0.261 e. The zero-order valence-corrected chi connectivity index (χ0v) is 14.2. The summed E-state index contributed by atoms with van der Waals surface area (Å²) in [6, 6.07) is 7.47. The molecule has 0 bridgehead atoms. The Bertz CT molecular complexity index is 710. The topological polar surface area (TPSA) is 68.5 Å². The maximum absolute atomic E-state index is 11.9. The summed E-state index contributed by atoms with van der Waals surface area (Å²) in [6.07, 6.45) is 1.54. The van der Waals surface area contributed by atoms with Crippen LogP contribution in [-0.4, -0.2) is 29.0 Å². The Kier molecular flexibility index (Phi) is 5.32. The van der Waals surface area contributed by atoms with E-state index in [1.165, 1.54) is 0 Å². The van der Waals surface area contributed by atoms with Gasteiger partial charge in [0.05, 0.1) is 19.0 Å². The standard InChI is InChI=1S/C15H17BrN4O2/c1-10-6-11(2)20(19-10)9-15(21)18-17-8-12-7-13(16)4-5-14(12)22-3/h4-8H,9H2,1-3H3,(H,18,21). The molecule has 0 saturated heterocycles. The molecule has 1 aromatic heterocycles. The van der Waals surface area contributed by atoms with E-state index in [1.807, 2.05) is 38.1 Å². The van der Waals surface area contributed by atoms with E-state index >= 15 is 0 Å². The predicted molar refractivity (Wildman–Crippen MR) is 88.1 cm³/mol. The van der Waals surface area contributed by atoms with Crippen LogP contribution in [0.1, 0.15) is 17.0 Å². The molecule has 0 fully saturated rings. The molecule has 6 nitrogen and oxygen atoms in total. The normalized spacial score (nSPS) is 10.9. The third-order valence-electron chi connectivity index (χ3n) is 2.98. The lowest BCUT2D eigenvalue weighted by Gasteiger charge is -2.05. The van der Waals surface area contributed by atoms with Crippen molar-refractivity contribution in [3.63, 3.8) is 0 Å². The molecule has 0 spiro atoms. The van der Waals surface area contributed by atoms with Gasteiger partial charge < -0.3 is 4.74 Å². The molecule has 2 rings (SSSR count). The molecule has 0 saturated carbocycles. The van der Waals surface area contributed by atoms with Gasteiger partial charge in [-0.1, -0.05) is 15.9 Å². The van der Waals surface area contributed by atoms with Crippen LogP contribution in [0, 0.1) is 13.8 Å². The molecule has 7 heteroatoms. The first-order valence-electron chi connectivity index (χ1n) is 6.66. The van der Waals surface area contributed by atoms with E-state index in [0.717, 1.165) is 21.4 Å². The van der Waals surface area contributed by atoms with E-state index in [1.54, 1.807) is 18.0 Å². The van der Waals surface area contributed by atoms with E-state index < -0.39 is 0 Å². The van der Waals surface area contributed by atoms with E-state index in [9.17, 15) is 4.79 Å². The zero-order chi connectivity index (χ0) is 16.1. The van der Waals surface area contributed by atoms with Crippen LogP contribution in [0.5, 0.6) is 5.75 Å². The minimum Gasteiger partial charge on any atom is -0.496 e. The summed E-state index contributed by atoms with van der Waals surface area (Å²) < 4.78 is 7.78. The van der Waals surface area contributed by atoms with E-state index in [0.29, 0.717) is 5.75 Å². The smallest absolute Gasteiger partial charge is 0.261 e. The van der Waals surface area contributed by atoms with Gasteiger partial charge in [0.25, 0.3) is 5.91 Å². The number of hydrogen-bond acceptors (Lipinski definition) is 4. The van der Waals surface area contributed by atoms with Crippen molar-refractivity contribution in [3.8, 4) is 5.75 Å². The van der Waals surface area contributed by atoms with Gasteiger partial charge in [-0.15, -0.1) is 0 Å². The van der Waals surface area contributed by atoms with Gasteiger partial charge >= 0.3 is 0 Å². The van der Waals surface area contributed by atoms with Gasteiger partial charge in [0.1, 0.15) is 12.3 Å². The lowest BCUT2D eigenvalue weighted by Crippen LogP contribution is -2.24. The Morgan fingerprint density at radius 3 is 2.86 bits per heavy atom. The molecule has 0 aliphatic heterocycles. The largest absolute Gasteiger partial charge is 0.496 e. The molecule has 0 radical (unpaired) electrons. The summed E-state index contributed by atoms with van der Waals surface area (Å²) in [7, 11) is 1.59. The van der Waals surface area contributed by atoms with Crippen molar-refractivity contribution in [2.24, 2.45) is 5.10 Å². The number of ether oxygens (including phenoxy) is 1. The van der Waals surface area contributed by atoms with Crippen LogP contribution in [0.2, 0.25) is 0 Å². The lowest BCUT2D eigenvalue weighted by molar-refractivity contribution is -0.121. The molecule has 1 amide bonds. The van der Waals surface area contributed by atoms with Crippen LogP contribution >= 0.6 is 15.9 Å². The minimum absolute atomic E-state index is 0.132. The Balaban J connectivity index is 1.99. The van der Waals surface area contributed by atoms with Crippen molar-refractivity contribution in [2.75, 3.05) is 7.11 Å². The van der Waals surface area contributed by atoms with Crippen molar-refractivity contribution in [3.05, 3.63) is 45.7 Å². The minimum atomic E-state index is -0.239. The monoisotopic (exact) mass is 364 g/mol. The molecular formula is C15H17BrN4O2. The van der Waals surface area contributed by atoms with Gasteiger partial charge in [0.15, 0.2) is 0 Å². The van der Waals surface area contributed by atoms with Gasteiger partial charge in [-0.05, 0) is 38.1 Å². The number of carbonyl (C=O) groups is 1. The Hall–Kier alpha value is -2.15. The Morgan fingerprint density at radius 1 is 1.45 bits per heavy atom. The first kappa shape index (κ1) is 16.2. The Labute approximate surface area is 137 Å². The summed E-state index contributed by atoms with van der Waals surface area (Å²) in [5.74, 6) is 0.441. The molecule has 0 aliphatic carbocycles. The number of methoxy groups -OCH3 is 1. The number of aryl methyl sites for hydroxylation is 2. The third-order valence-corrected chi connectivity index (χ3v) is 3.47. The highest BCUT2D eigenvalue weighted by atomic mass is 79.9. The fraction of sp³-hybridized carbons (Fsp3) is 0.267. The zero-order valence-electron chi connectivity index (χ0n) is 12.6. The maximum atomic E-state index is 11.9. The molecule has 0 aliphatic rings. The predicted octanol–water partition coefficient (Wildman–Crippen LogP) is 2.42. The van der Waals surface area contributed by atoms with Crippen LogP contribution in [0.3, 0.4) is 0 Å². The average molecular weight is 365 g/mol. The van der Waals surface area contributed by atoms with Gasteiger partial charge in [-0.3, -0.25) is 9.48 Å². The summed E-state index contributed by atoms with van der Waals surface area (Å²) >= 11 is 3.38. The first-order valence-corrected chi connectivity index (χ1v) is 7.45. The molecular weight excluding hydrogens is 348 g/mol. The number of halogens is 1. The quantitative estimate of drug-likeness (QED) is 0.654. The van der Waals surface area contributed by atoms with Crippen molar-refractivity contribution < 1.29 is 9.53 Å². The SMILES string of the molecule is COc1ccc(Br)cc1C=NNC(=O)Cn1nc(C)cc1C. The number of nitrogens with zero attached hydrogens (tertiary/aromatic N) is 3. The molecule has 116 valence electrons. The molecule has 1 aromatic carbocycles. The highest BCUT2D eigenvalue weighted by Crippen LogP contribution is 2.21. The second-order valence-electron chi connectivity index (χ2n) is 4.76. The summed E-state index contributed by atoms with van der Waals surface area (Å²) in [4.78, 5) is 11.9. The van der Waals surface area contributed by atoms with Crippen LogP contribution < -0.4 is 10.2 Å². The van der Waals surface area contributed by atoms with Crippen molar-refractivity contribution >= 4 is 28.1 Å². The van der Waals surface area contributed by atoms with Crippen LogP contribution in [0.4, 0.5) is 0 Å². The fourth-order valence-corrected chi connectivity index (χ4v) is 2.37.